The van der Waals surface area contributed by atoms with Crippen molar-refractivity contribution in [2.24, 2.45) is 23.7 Å². The number of carbonyl (C=O) groups excluding carboxylic acids is 2. The van der Waals surface area contributed by atoms with Gasteiger partial charge in [-0.1, -0.05) is 42.5 Å². The molecule has 0 saturated heterocycles. The third-order valence-corrected chi connectivity index (χ3v) is 19.2. The summed E-state index contributed by atoms with van der Waals surface area (Å²) in [6.07, 6.45) is 7.65. The topological polar surface area (TPSA) is 195 Å². The Balaban J connectivity index is 0.000000272. The molecule has 0 unspecified atom stereocenters. The van der Waals surface area contributed by atoms with E-state index in [-0.39, 0.29) is 51.6 Å². The molecule has 2 fully saturated rings. The van der Waals surface area contributed by atoms with Crippen LogP contribution in [0.1, 0.15) is 104 Å². The van der Waals surface area contributed by atoms with Crippen molar-refractivity contribution in [3.8, 4) is 0 Å². The maximum atomic E-state index is 12.8. The molecule has 2 N–H and O–H groups in total. The molecule has 0 bridgehead atoms. The number of hydrogen-bond donors (Lipinski definition) is 2. The Morgan fingerprint density at radius 3 is 1.18 bits per heavy atom. The van der Waals surface area contributed by atoms with Crippen molar-refractivity contribution in [1.29, 1.82) is 0 Å². The van der Waals surface area contributed by atoms with Crippen LogP contribution in [0.25, 0.3) is 0 Å². The lowest BCUT2D eigenvalue weighted by Crippen LogP contribution is -2.35. The molecule has 338 valence electrons. The second-order valence-corrected chi connectivity index (χ2v) is 27.7. The lowest BCUT2D eigenvalue weighted by molar-refractivity contribution is -0.124. The Morgan fingerprint density at radius 2 is 0.852 bits per heavy atom. The largest absolute Gasteiger partial charge is 0.299 e. The molecule has 0 aliphatic heterocycles. The molecule has 0 radical (unpaired) electrons. The highest BCUT2D eigenvalue weighted by atomic mass is 32.2. The molecule has 2 aliphatic rings. The third kappa shape index (κ3) is 15.3. The number of anilines is 2. The summed E-state index contributed by atoms with van der Waals surface area (Å²) in [5, 5.41) is 0. The number of ketones is 2. The second kappa shape index (κ2) is 20.3. The van der Waals surface area contributed by atoms with E-state index in [4.69, 9.17) is 0 Å². The fourth-order valence-electron chi connectivity index (χ4n) is 7.52. The molecule has 0 heterocycles. The zero-order chi connectivity index (χ0) is 45.4. The van der Waals surface area contributed by atoms with Crippen molar-refractivity contribution in [2.45, 2.75) is 120 Å². The number of sulfone groups is 2. The molecular weight excluding hydrogens is 857 g/mol. The monoisotopic (exact) mass is 920 g/mol. The third-order valence-electron chi connectivity index (χ3n) is 11.7. The number of nitrogens with one attached hydrogen (secondary N) is 2. The minimum Gasteiger partial charge on any atom is -0.299 e. The van der Waals surface area contributed by atoms with E-state index in [1.807, 2.05) is 0 Å². The highest BCUT2D eigenvalue weighted by Crippen LogP contribution is 2.34. The number of carbonyl (C=O) groups is 2. The molecular formula is C45H64N2O10S4. The summed E-state index contributed by atoms with van der Waals surface area (Å²) in [7, 11) is -13.3. The fourth-order valence-corrected chi connectivity index (χ4v) is 12.1. The van der Waals surface area contributed by atoms with Gasteiger partial charge in [-0.3, -0.25) is 19.0 Å². The Hall–Kier alpha value is -3.60. The smallest absolute Gasteiger partial charge is 0.261 e. The number of Topliss-reactive ketones (excluding diaryl/α,β-unsaturated/α-hetero) is 2. The van der Waals surface area contributed by atoms with Gasteiger partial charge in [0.25, 0.3) is 10.0 Å². The summed E-state index contributed by atoms with van der Waals surface area (Å²) in [6, 6.07) is 21.8. The molecule has 0 spiro atoms. The number of sulfonamides is 2. The Morgan fingerprint density at radius 1 is 0.508 bits per heavy atom. The SMILES string of the molecule is CC(C)(C)S(=O)(=O)CC1CCC(C(=O)Cc2ccc(NS(=O)(=O)c3ccccc3)cc2)CC1.CC(C)(C)S(=O)(=O)CC1CCC(C(=O)Cc2ccc(NS(C)(=O)=O)cc2)CC1. The van der Waals surface area contributed by atoms with Gasteiger partial charge >= 0.3 is 0 Å². The Bertz CT molecular complexity index is 2390. The van der Waals surface area contributed by atoms with Crippen molar-refractivity contribution in [3.63, 3.8) is 0 Å². The average Bonchev–Trinajstić information content (AvgIpc) is 3.16. The first-order valence-electron chi connectivity index (χ1n) is 20.9. The predicted molar refractivity (Wildman–Crippen MR) is 244 cm³/mol. The molecule has 0 aromatic heterocycles. The van der Waals surface area contributed by atoms with Crippen LogP contribution in [0.2, 0.25) is 0 Å². The molecule has 12 nitrogen and oxygen atoms in total. The van der Waals surface area contributed by atoms with E-state index in [1.165, 1.54) is 12.1 Å². The molecule has 3 aromatic rings. The van der Waals surface area contributed by atoms with E-state index >= 15 is 0 Å². The summed E-state index contributed by atoms with van der Waals surface area (Å²) in [4.78, 5) is 25.6. The normalized spacial score (nSPS) is 20.4. The zero-order valence-electron chi connectivity index (χ0n) is 36.5. The quantitative estimate of drug-likeness (QED) is 0.152. The van der Waals surface area contributed by atoms with Crippen molar-refractivity contribution in [2.75, 3.05) is 27.2 Å². The molecule has 0 amide bonds. The van der Waals surface area contributed by atoms with Gasteiger partial charge in [0.05, 0.1) is 32.2 Å². The Kier molecular flexibility index (Phi) is 16.6. The number of benzene rings is 3. The van der Waals surface area contributed by atoms with Crippen LogP contribution in [-0.4, -0.2) is 72.5 Å². The van der Waals surface area contributed by atoms with Crippen LogP contribution < -0.4 is 9.44 Å². The molecule has 0 atom stereocenters. The van der Waals surface area contributed by atoms with Gasteiger partial charge in [0, 0.05) is 36.1 Å². The number of hydrogen-bond acceptors (Lipinski definition) is 10. The molecule has 3 aromatic carbocycles. The highest BCUT2D eigenvalue weighted by Gasteiger charge is 2.36. The first-order chi connectivity index (χ1) is 28.1. The summed E-state index contributed by atoms with van der Waals surface area (Å²) >= 11 is 0. The number of rotatable bonds is 15. The first-order valence-corrected chi connectivity index (χ1v) is 27.6. The van der Waals surface area contributed by atoms with Crippen LogP contribution in [0.3, 0.4) is 0 Å². The van der Waals surface area contributed by atoms with Crippen LogP contribution in [-0.2, 0) is 62.2 Å². The van der Waals surface area contributed by atoms with Gasteiger partial charge < -0.3 is 0 Å². The summed E-state index contributed by atoms with van der Waals surface area (Å²) in [6.45, 7) is 10.4. The maximum absolute atomic E-state index is 12.8. The van der Waals surface area contributed by atoms with Crippen molar-refractivity contribution in [1.82, 2.24) is 0 Å². The average molecular weight is 921 g/mol. The van der Waals surface area contributed by atoms with E-state index in [9.17, 15) is 43.3 Å². The minimum absolute atomic E-state index is 0.0255. The van der Waals surface area contributed by atoms with Gasteiger partial charge in [-0.25, -0.2) is 33.7 Å². The van der Waals surface area contributed by atoms with Crippen LogP contribution in [0, 0.1) is 23.7 Å². The molecule has 2 aliphatic carbocycles. The maximum Gasteiger partial charge on any atom is 0.261 e. The van der Waals surface area contributed by atoms with Gasteiger partial charge in [-0.15, -0.1) is 0 Å². The summed E-state index contributed by atoms with van der Waals surface area (Å²) in [5.74, 6) is 0.900. The van der Waals surface area contributed by atoms with Crippen molar-refractivity contribution in [3.05, 3.63) is 90.0 Å². The molecule has 61 heavy (non-hydrogen) atoms. The van der Waals surface area contributed by atoms with Gasteiger partial charge in [0.1, 0.15) is 11.6 Å². The van der Waals surface area contributed by atoms with Gasteiger partial charge in [0.15, 0.2) is 19.7 Å². The summed E-state index contributed by atoms with van der Waals surface area (Å²) in [5.41, 5.74) is 2.59. The zero-order valence-corrected chi connectivity index (χ0v) is 39.8. The second-order valence-electron chi connectivity index (χ2n) is 18.7. The molecule has 5 rings (SSSR count). The van der Waals surface area contributed by atoms with Crippen molar-refractivity contribution < 1.29 is 43.3 Å². The van der Waals surface area contributed by atoms with Crippen LogP contribution in [0.5, 0.6) is 0 Å². The van der Waals surface area contributed by atoms with Gasteiger partial charge in [0.2, 0.25) is 10.0 Å². The van der Waals surface area contributed by atoms with E-state index < -0.39 is 49.2 Å². The van der Waals surface area contributed by atoms with E-state index in [2.05, 4.69) is 9.44 Å². The lowest BCUT2D eigenvalue weighted by Gasteiger charge is -2.30. The van der Waals surface area contributed by atoms with Crippen LogP contribution in [0.4, 0.5) is 11.4 Å². The first kappa shape index (κ1) is 50.0. The fraction of sp³-hybridized carbons (Fsp3) is 0.556. The highest BCUT2D eigenvalue weighted by molar-refractivity contribution is 7.93. The molecule has 16 heteroatoms. The van der Waals surface area contributed by atoms with E-state index in [0.717, 1.165) is 68.7 Å². The van der Waals surface area contributed by atoms with Gasteiger partial charge in [-0.2, -0.15) is 0 Å². The predicted octanol–water partition coefficient (Wildman–Crippen LogP) is 7.81. The summed E-state index contributed by atoms with van der Waals surface area (Å²) < 4.78 is 100. The standard InChI is InChI=1S/C25H33NO5S2.C20H31NO5S2/c1-25(2,3)32(28,29)18-20-9-13-21(14-10-20)24(27)17-19-11-15-22(16-12-19)26-33(30,31)23-7-5-4-6-8-23;1-20(2,3)28(25,26)14-16-5-9-17(10-6-16)19(22)13-15-7-11-18(12-8-15)21-27(4,23)24/h4-8,11-12,15-16,20-21,26H,9-10,13-14,17-18H2,1-3H3;7-8,11-12,16-17,21H,5-6,9-10,13-14H2,1-4H3. The van der Waals surface area contributed by atoms with Gasteiger partial charge in [-0.05, 0) is 152 Å². The van der Waals surface area contributed by atoms with Crippen molar-refractivity contribution >= 4 is 62.7 Å². The lowest BCUT2D eigenvalue weighted by atomic mass is 9.79. The van der Waals surface area contributed by atoms with Crippen LogP contribution >= 0.6 is 0 Å². The Labute approximate surface area is 365 Å². The van der Waals surface area contributed by atoms with E-state index in [0.29, 0.717) is 24.2 Å². The van der Waals surface area contributed by atoms with Crippen LogP contribution in [0.15, 0.2) is 83.8 Å². The van der Waals surface area contributed by atoms with E-state index in [1.54, 1.807) is 108 Å². The molecule has 2 saturated carbocycles. The minimum atomic E-state index is -3.65.